The highest BCUT2D eigenvalue weighted by Crippen LogP contribution is 2.19. The highest BCUT2D eigenvalue weighted by Gasteiger charge is 2.14. The number of rotatable bonds is 6. The first-order chi connectivity index (χ1) is 10.1. The van der Waals surface area contributed by atoms with E-state index in [1.54, 1.807) is 17.0 Å². The van der Waals surface area contributed by atoms with Gasteiger partial charge in [-0.1, -0.05) is 6.07 Å². The van der Waals surface area contributed by atoms with Crippen molar-refractivity contribution in [2.45, 2.75) is 13.3 Å². The topological polar surface area (TPSA) is 71.8 Å². The fourth-order valence-electron chi connectivity index (χ4n) is 1.99. The molecule has 1 amide bonds. The van der Waals surface area contributed by atoms with Crippen LogP contribution in [0.4, 0.5) is 10.1 Å². The number of amides is 1. The van der Waals surface area contributed by atoms with Gasteiger partial charge in [0.2, 0.25) is 0 Å². The molecule has 7 heteroatoms. The maximum atomic E-state index is 13.7. The van der Waals surface area contributed by atoms with Gasteiger partial charge >= 0.3 is 0 Å². The lowest BCUT2D eigenvalue weighted by molar-refractivity contribution is 0.0954. The molecule has 0 fully saturated rings. The Kier molecular flexibility index (Phi) is 4.86. The van der Waals surface area contributed by atoms with Crippen molar-refractivity contribution in [2.24, 2.45) is 7.05 Å². The predicted molar refractivity (Wildman–Crippen MR) is 77.6 cm³/mol. The van der Waals surface area contributed by atoms with E-state index in [0.29, 0.717) is 25.1 Å². The number of hydrogen-bond donors (Lipinski definition) is 2. The van der Waals surface area contributed by atoms with Crippen molar-refractivity contribution in [1.82, 2.24) is 20.1 Å². The first kappa shape index (κ1) is 15.0. The van der Waals surface area contributed by atoms with Gasteiger partial charge in [0.05, 0.1) is 11.3 Å². The first-order valence-corrected chi connectivity index (χ1v) is 6.77. The van der Waals surface area contributed by atoms with Crippen LogP contribution in [0, 0.1) is 5.82 Å². The highest BCUT2D eigenvalue weighted by molar-refractivity contribution is 5.99. The van der Waals surface area contributed by atoms with E-state index in [0.717, 1.165) is 5.82 Å². The molecule has 6 nitrogen and oxygen atoms in total. The number of benzene rings is 1. The molecule has 112 valence electrons. The van der Waals surface area contributed by atoms with Crippen molar-refractivity contribution < 1.29 is 9.18 Å². The Labute approximate surface area is 122 Å². The number of aryl methyl sites for hydroxylation is 1. The summed E-state index contributed by atoms with van der Waals surface area (Å²) in [5.41, 5.74) is 0.533. The molecule has 0 radical (unpaired) electrons. The van der Waals surface area contributed by atoms with Gasteiger partial charge in [0, 0.05) is 26.6 Å². The minimum atomic E-state index is -0.433. The van der Waals surface area contributed by atoms with Gasteiger partial charge < -0.3 is 15.2 Å². The van der Waals surface area contributed by atoms with E-state index >= 15 is 0 Å². The van der Waals surface area contributed by atoms with Crippen LogP contribution in [0.25, 0.3) is 0 Å². The maximum Gasteiger partial charge on any atom is 0.253 e. The predicted octanol–water partition coefficient (Wildman–Crippen LogP) is 1.36. The second-order valence-electron chi connectivity index (χ2n) is 4.56. The van der Waals surface area contributed by atoms with E-state index in [9.17, 15) is 9.18 Å². The average Bonchev–Trinajstić information content (AvgIpc) is 2.87. The van der Waals surface area contributed by atoms with Crippen molar-refractivity contribution >= 4 is 11.6 Å². The number of para-hydroxylation sites is 1. The maximum absolute atomic E-state index is 13.7. The molecule has 2 aromatic rings. The van der Waals surface area contributed by atoms with Gasteiger partial charge in [0.25, 0.3) is 5.91 Å². The molecule has 0 saturated carbocycles. The third kappa shape index (κ3) is 3.56. The van der Waals surface area contributed by atoms with Crippen LogP contribution in [-0.2, 0) is 13.5 Å². The Morgan fingerprint density at radius 1 is 1.43 bits per heavy atom. The van der Waals surface area contributed by atoms with E-state index in [1.165, 1.54) is 12.1 Å². The SMILES string of the molecule is CCNc1c(F)cccc1C(=O)NCCc1nncn1C. The minimum Gasteiger partial charge on any atom is -0.382 e. The normalized spacial score (nSPS) is 10.4. The summed E-state index contributed by atoms with van der Waals surface area (Å²) >= 11 is 0. The van der Waals surface area contributed by atoms with Gasteiger partial charge in [-0.3, -0.25) is 4.79 Å². The summed E-state index contributed by atoms with van der Waals surface area (Å²) < 4.78 is 15.5. The molecule has 2 N–H and O–H groups in total. The fourth-order valence-corrected chi connectivity index (χ4v) is 1.99. The van der Waals surface area contributed by atoms with E-state index in [2.05, 4.69) is 20.8 Å². The van der Waals surface area contributed by atoms with Crippen LogP contribution in [0.1, 0.15) is 23.1 Å². The molecule has 0 bridgehead atoms. The van der Waals surface area contributed by atoms with Gasteiger partial charge in [0.1, 0.15) is 18.0 Å². The molecule has 21 heavy (non-hydrogen) atoms. The van der Waals surface area contributed by atoms with E-state index in [1.807, 2.05) is 14.0 Å². The van der Waals surface area contributed by atoms with Gasteiger partial charge in [-0.15, -0.1) is 10.2 Å². The summed E-state index contributed by atoms with van der Waals surface area (Å²) in [7, 11) is 1.84. The summed E-state index contributed by atoms with van der Waals surface area (Å²) in [6.45, 7) is 2.80. The molecule has 0 unspecified atom stereocenters. The van der Waals surface area contributed by atoms with Crippen molar-refractivity contribution in [3.63, 3.8) is 0 Å². The van der Waals surface area contributed by atoms with Crippen LogP contribution in [0.5, 0.6) is 0 Å². The largest absolute Gasteiger partial charge is 0.382 e. The standard InChI is InChI=1S/C14H18FN5O/c1-3-16-13-10(5-4-6-11(13)15)14(21)17-8-7-12-19-18-9-20(12)2/h4-6,9,16H,3,7-8H2,1-2H3,(H,17,21). The summed E-state index contributed by atoms with van der Waals surface area (Å²) in [5.74, 6) is 0.0341. The Balaban J connectivity index is 2.00. The van der Waals surface area contributed by atoms with Crippen LogP contribution < -0.4 is 10.6 Å². The van der Waals surface area contributed by atoms with Crippen LogP contribution in [0.15, 0.2) is 24.5 Å². The van der Waals surface area contributed by atoms with E-state index in [4.69, 9.17) is 0 Å². The molecular weight excluding hydrogens is 273 g/mol. The second kappa shape index (κ2) is 6.83. The van der Waals surface area contributed by atoms with Gasteiger partial charge in [-0.05, 0) is 19.1 Å². The molecule has 1 aromatic carbocycles. The average molecular weight is 291 g/mol. The third-order valence-electron chi connectivity index (χ3n) is 3.05. The zero-order valence-corrected chi connectivity index (χ0v) is 12.1. The van der Waals surface area contributed by atoms with Gasteiger partial charge in [-0.2, -0.15) is 0 Å². The Morgan fingerprint density at radius 2 is 2.24 bits per heavy atom. The molecule has 0 aliphatic carbocycles. The number of aromatic nitrogens is 3. The summed E-state index contributed by atoms with van der Waals surface area (Å²) in [4.78, 5) is 12.1. The summed E-state index contributed by atoms with van der Waals surface area (Å²) in [6, 6.07) is 4.45. The lowest BCUT2D eigenvalue weighted by Gasteiger charge is -2.11. The molecule has 2 rings (SSSR count). The molecule has 0 aliphatic heterocycles. The molecule has 0 saturated heterocycles. The number of hydrogen-bond acceptors (Lipinski definition) is 4. The van der Waals surface area contributed by atoms with Gasteiger partial charge in [0.15, 0.2) is 0 Å². The van der Waals surface area contributed by atoms with Crippen molar-refractivity contribution in [2.75, 3.05) is 18.4 Å². The zero-order chi connectivity index (χ0) is 15.2. The lowest BCUT2D eigenvalue weighted by atomic mass is 10.1. The number of halogens is 1. The Bertz CT molecular complexity index is 626. The van der Waals surface area contributed by atoms with Crippen molar-refractivity contribution in [3.05, 3.63) is 41.7 Å². The second-order valence-corrected chi connectivity index (χ2v) is 4.56. The number of carbonyl (C=O) groups excluding carboxylic acids is 1. The van der Waals surface area contributed by atoms with Crippen molar-refractivity contribution in [1.29, 1.82) is 0 Å². The minimum absolute atomic E-state index is 0.233. The van der Waals surface area contributed by atoms with Crippen molar-refractivity contribution in [3.8, 4) is 0 Å². The molecule has 0 aliphatic rings. The summed E-state index contributed by atoms with van der Waals surface area (Å²) in [6.07, 6.45) is 2.17. The van der Waals surface area contributed by atoms with Crippen LogP contribution in [0.2, 0.25) is 0 Å². The lowest BCUT2D eigenvalue weighted by Crippen LogP contribution is -2.27. The molecule has 0 spiro atoms. The van der Waals surface area contributed by atoms with Gasteiger partial charge in [-0.25, -0.2) is 4.39 Å². The smallest absolute Gasteiger partial charge is 0.253 e. The monoisotopic (exact) mass is 291 g/mol. The number of carbonyl (C=O) groups is 1. The molecular formula is C14H18FN5O. The van der Waals surface area contributed by atoms with E-state index < -0.39 is 5.82 Å². The number of anilines is 1. The number of nitrogens with zero attached hydrogens (tertiary/aromatic N) is 3. The molecule has 1 aromatic heterocycles. The first-order valence-electron chi connectivity index (χ1n) is 6.77. The number of nitrogens with one attached hydrogen (secondary N) is 2. The van der Waals surface area contributed by atoms with Crippen LogP contribution >= 0.6 is 0 Å². The Hall–Kier alpha value is -2.44. The third-order valence-corrected chi connectivity index (χ3v) is 3.05. The van der Waals surface area contributed by atoms with Crippen LogP contribution in [-0.4, -0.2) is 33.8 Å². The molecule has 1 heterocycles. The Morgan fingerprint density at radius 3 is 2.90 bits per heavy atom. The fraction of sp³-hybridized carbons (Fsp3) is 0.357. The zero-order valence-electron chi connectivity index (χ0n) is 12.1. The summed E-state index contributed by atoms with van der Waals surface area (Å²) in [5, 5.41) is 13.3. The highest BCUT2D eigenvalue weighted by atomic mass is 19.1. The molecule has 0 atom stereocenters. The quantitative estimate of drug-likeness (QED) is 0.843. The van der Waals surface area contributed by atoms with E-state index in [-0.39, 0.29) is 11.6 Å². The van der Waals surface area contributed by atoms with Crippen LogP contribution in [0.3, 0.4) is 0 Å².